The Morgan fingerprint density at radius 1 is 0.864 bits per heavy atom. The molecule has 0 aromatic heterocycles. The van der Waals surface area contributed by atoms with Crippen molar-refractivity contribution in [1.29, 1.82) is 0 Å². The number of benzene rings is 2. The van der Waals surface area contributed by atoms with Gasteiger partial charge < -0.3 is 10.1 Å². The van der Waals surface area contributed by atoms with Crippen LogP contribution in [0.25, 0.3) is 12.2 Å². The Balaban J connectivity index is 2.01. The van der Waals surface area contributed by atoms with E-state index in [1.807, 2.05) is 36.4 Å². The third-order valence-electron chi connectivity index (χ3n) is 3.88. The molecule has 1 aliphatic rings. The van der Waals surface area contributed by atoms with Crippen molar-refractivity contribution in [2.24, 2.45) is 5.92 Å². The minimum Gasteiger partial charge on any atom is -0.385 e. The van der Waals surface area contributed by atoms with Crippen molar-refractivity contribution in [2.75, 3.05) is 6.54 Å². The monoisotopic (exact) mass is 289 g/mol. The van der Waals surface area contributed by atoms with Crippen LogP contribution in [-0.4, -0.2) is 12.8 Å². The van der Waals surface area contributed by atoms with Crippen molar-refractivity contribution in [2.45, 2.75) is 6.42 Å². The first-order valence-electron chi connectivity index (χ1n) is 7.60. The van der Waals surface area contributed by atoms with Crippen LogP contribution < -0.4 is 5.32 Å². The lowest BCUT2D eigenvalue weighted by molar-refractivity contribution is -0.110. The fourth-order valence-corrected chi connectivity index (χ4v) is 2.72. The lowest BCUT2D eigenvalue weighted by Crippen LogP contribution is -2.29. The highest BCUT2D eigenvalue weighted by Gasteiger charge is 2.22. The van der Waals surface area contributed by atoms with E-state index in [1.54, 1.807) is 0 Å². The summed E-state index contributed by atoms with van der Waals surface area (Å²) in [6.07, 6.45) is 6.13. The number of hydrogen-bond acceptors (Lipinski definition) is 2. The molecule has 0 radical (unpaired) electrons. The number of rotatable bonds is 3. The molecule has 0 saturated carbocycles. The van der Waals surface area contributed by atoms with Crippen molar-refractivity contribution in [3.63, 3.8) is 0 Å². The average Bonchev–Trinajstić information content (AvgIpc) is 2.58. The number of allylic oxidation sites excluding steroid dienone is 1. The van der Waals surface area contributed by atoms with E-state index in [4.69, 9.17) is 0 Å². The molecule has 2 aromatic carbocycles. The Labute approximate surface area is 131 Å². The van der Waals surface area contributed by atoms with Crippen LogP contribution in [0.3, 0.4) is 0 Å². The molecule has 1 atom stereocenters. The van der Waals surface area contributed by atoms with Crippen LogP contribution in [0.15, 0.2) is 71.9 Å². The van der Waals surface area contributed by atoms with Gasteiger partial charge in [0.15, 0.2) is 0 Å². The number of aldehydes is 1. The molecule has 3 rings (SSSR count). The summed E-state index contributed by atoms with van der Waals surface area (Å²) >= 11 is 0. The Kier molecular flexibility index (Phi) is 4.50. The second-order valence-corrected chi connectivity index (χ2v) is 5.44. The Morgan fingerprint density at radius 3 is 2.05 bits per heavy atom. The molecule has 2 heteroatoms. The molecule has 0 bridgehead atoms. The van der Waals surface area contributed by atoms with E-state index in [0.29, 0.717) is 0 Å². The lowest BCUT2D eigenvalue weighted by atomic mass is 9.88. The summed E-state index contributed by atoms with van der Waals surface area (Å²) in [5.74, 6) is -0.0450. The molecule has 0 spiro atoms. The van der Waals surface area contributed by atoms with Crippen LogP contribution in [0.4, 0.5) is 0 Å². The molecule has 1 fully saturated rings. The summed E-state index contributed by atoms with van der Waals surface area (Å²) in [7, 11) is 0. The highest BCUT2D eigenvalue weighted by atomic mass is 16.1. The molecule has 22 heavy (non-hydrogen) atoms. The first-order valence-corrected chi connectivity index (χ1v) is 7.60. The van der Waals surface area contributed by atoms with Gasteiger partial charge >= 0.3 is 0 Å². The van der Waals surface area contributed by atoms with Crippen molar-refractivity contribution < 1.29 is 4.79 Å². The molecule has 1 saturated heterocycles. The number of nitrogens with one attached hydrogen (secondary N) is 1. The summed E-state index contributed by atoms with van der Waals surface area (Å²) < 4.78 is 0. The highest BCUT2D eigenvalue weighted by Crippen LogP contribution is 2.28. The van der Waals surface area contributed by atoms with Crippen molar-refractivity contribution in [3.8, 4) is 0 Å². The minimum atomic E-state index is -0.0450. The van der Waals surface area contributed by atoms with Crippen LogP contribution in [0.5, 0.6) is 0 Å². The van der Waals surface area contributed by atoms with Crippen LogP contribution in [0.2, 0.25) is 0 Å². The first kappa shape index (κ1) is 14.3. The van der Waals surface area contributed by atoms with Gasteiger partial charge in [0, 0.05) is 18.2 Å². The van der Waals surface area contributed by atoms with Gasteiger partial charge in [-0.1, -0.05) is 60.7 Å². The molecule has 1 N–H and O–H groups in total. The van der Waals surface area contributed by atoms with Crippen molar-refractivity contribution in [1.82, 2.24) is 5.32 Å². The van der Waals surface area contributed by atoms with Gasteiger partial charge in [-0.2, -0.15) is 0 Å². The molecule has 1 aliphatic heterocycles. The fraction of sp³-hybridized carbons (Fsp3) is 0.150. The molecular weight excluding hydrogens is 270 g/mol. The van der Waals surface area contributed by atoms with Gasteiger partial charge in [-0.15, -0.1) is 0 Å². The first-order chi connectivity index (χ1) is 10.9. The standard InChI is InChI=1S/C20H19NO/c22-15-18-11-12-21-20(14-17-9-5-2-6-10-17)19(18)13-16-7-3-1-4-8-16/h1-10,13-15,18,21H,11-12H2. The summed E-state index contributed by atoms with van der Waals surface area (Å²) in [4.78, 5) is 11.5. The predicted octanol–water partition coefficient (Wildman–Crippen LogP) is 3.92. The fourth-order valence-electron chi connectivity index (χ4n) is 2.72. The zero-order chi connectivity index (χ0) is 15.2. The second-order valence-electron chi connectivity index (χ2n) is 5.44. The van der Waals surface area contributed by atoms with Gasteiger partial charge in [0.2, 0.25) is 0 Å². The van der Waals surface area contributed by atoms with Gasteiger partial charge in [-0.3, -0.25) is 0 Å². The van der Waals surface area contributed by atoms with E-state index >= 15 is 0 Å². The van der Waals surface area contributed by atoms with Crippen molar-refractivity contribution >= 4 is 18.4 Å². The lowest BCUT2D eigenvalue weighted by Gasteiger charge is -2.26. The third kappa shape index (κ3) is 3.34. The third-order valence-corrected chi connectivity index (χ3v) is 3.88. The van der Waals surface area contributed by atoms with E-state index in [2.05, 4.69) is 41.7 Å². The van der Waals surface area contributed by atoms with Gasteiger partial charge in [-0.05, 0) is 35.3 Å². The summed E-state index contributed by atoms with van der Waals surface area (Å²) in [5.41, 5.74) is 4.36. The van der Waals surface area contributed by atoms with E-state index < -0.39 is 0 Å². The van der Waals surface area contributed by atoms with E-state index in [9.17, 15) is 4.79 Å². The average molecular weight is 289 g/mol. The zero-order valence-corrected chi connectivity index (χ0v) is 12.4. The summed E-state index contributed by atoms with van der Waals surface area (Å²) in [6.45, 7) is 0.828. The molecule has 0 aliphatic carbocycles. The van der Waals surface area contributed by atoms with Crippen LogP contribution in [-0.2, 0) is 4.79 Å². The largest absolute Gasteiger partial charge is 0.385 e. The van der Waals surface area contributed by atoms with E-state index in [-0.39, 0.29) is 5.92 Å². The Hall–Kier alpha value is -2.61. The predicted molar refractivity (Wildman–Crippen MR) is 91.0 cm³/mol. The molecule has 0 amide bonds. The zero-order valence-electron chi connectivity index (χ0n) is 12.4. The van der Waals surface area contributed by atoms with Crippen LogP contribution in [0.1, 0.15) is 17.5 Å². The van der Waals surface area contributed by atoms with E-state index in [1.165, 1.54) is 0 Å². The second kappa shape index (κ2) is 6.90. The van der Waals surface area contributed by atoms with Gasteiger partial charge in [-0.25, -0.2) is 0 Å². The smallest absolute Gasteiger partial charge is 0.127 e. The SMILES string of the molecule is O=CC1CCNC(=Cc2ccccc2)C1=Cc1ccccc1. The molecule has 2 aromatic rings. The Bertz CT molecular complexity index is 686. The normalized spacial score (nSPS) is 21.5. The minimum absolute atomic E-state index is 0.0450. The quantitative estimate of drug-likeness (QED) is 0.868. The van der Waals surface area contributed by atoms with E-state index in [0.717, 1.165) is 41.6 Å². The van der Waals surface area contributed by atoms with Gasteiger partial charge in [0.25, 0.3) is 0 Å². The summed E-state index contributed by atoms with van der Waals surface area (Å²) in [5, 5.41) is 3.44. The molecule has 1 unspecified atom stereocenters. The maximum Gasteiger partial charge on any atom is 0.127 e. The molecule has 1 heterocycles. The maximum atomic E-state index is 11.5. The van der Waals surface area contributed by atoms with Gasteiger partial charge in [0.05, 0.1) is 0 Å². The summed E-state index contributed by atoms with van der Waals surface area (Å²) in [6, 6.07) is 20.3. The molecular formula is C20H19NO. The number of carbonyl (C=O) groups is 1. The highest BCUT2D eigenvalue weighted by molar-refractivity contribution is 5.74. The number of carbonyl (C=O) groups excluding carboxylic acids is 1. The molecule has 2 nitrogen and oxygen atoms in total. The maximum absolute atomic E-state index is 11.5. The van der Waals surface area contributed by atoms with Crippen LogP contribution >= 0.6 is 0 Å². The van der Waals surface area contributed by atoms with Gasteiger partial charge in [0.1, 0.15) is 6.29 Å². The Morgan fingerprint density at radius 2 is 1.45 bits per heavy atom. The van der Waals surface area contributed by atoms with Crippen molar-refractivity contribution in [3.05, 3.63) is 83.1 Å². The van der Waals surface area contributed by atoms with Crippen LogP contribution in [0, 0.1) is 5.92 Å². The molecule has 110 valence electrons. The number of hydrogen-bond donors (Lipinski definition) is 1. The number of piperidine rings is 1. The topological polar surface area (TPSA) is 29.1 Å².